The molecule has 0 aliphatic carbocycles. The van der Waals surface area contributed by atoms with Crippen LogP contribution in [0.4, 0.5) is 13.2 Å². The minimum absolute atomic E-state index is 0.0467. The Bertz CT molecular complexity index is 625. The summed E-state index contributed by atoms with van der Waals surface area (Å²) in [5.74, 6) is -2.71. The number of nitrogens with two attached hydrogens (primary N) is 2. The second kappa shape index (κ2) is 15.8. The predicted octanol–water partition coefficient (Wildman–Crippen LogP) is 3.63. The van der Waals surface area contributed by atoms with Gasteiger partial charge in [-0.15, -0.1) is 0 Å². The highest BCUT2D eigenvalue weighted by molar-refractivity contribution is 6.01. The van der Waals surface area contributed by atoms with Crippen LogP contribution in [0.25, 0.3) is 0 Å². The lowest BCUT2D eigenvalue weighted by Crippen LogP contribution is -2.31. The van der Waals surface area contributed by atoms with Crippen LogP contribution in [0, 0.1) is 0 Å². The number of alkyl halides is 3. The van der Waals surface area contributed by atoms with Crippen molar-refractivity contribution >= 4 is 11.8 Å². The summed E-state index contributed by atoms with van der Waals surface area (Å²) in [7, 11) is 0. The van der Waals surface area contributed by atoms with E-state index in [-0.39, 0.29) is 5.78 Å². The number of nitrogens with one attached hydrogen (secondary N) is 1. The van der Waals surface area contributed by atoms with Crippen molar-refractivity contribution in [1.82, 2.24) is 5.32 Å². The molecule has 0 radical (unpaired) electrons. The molecule has 0 amide bonds. The van der Waals surface area contributed by atoms with E-state index < -0.39 is 18.2 Å². The molecule has 1 atom stereocenters. The summed E-state index contributed by atoms with van der Waals surface area (Å²) >= 11 is 0. The standard InChI is InChI=1S/C19H33N3O.C2HF3O2/c1-2-3-4-9-14-22-15-16-10-5-6-11-17(16)19(23)18(21)12-7-8-13-20;3-2(4,5)1(6)7/h5-6,10-11,18,22H,2-4,7-9,12-15,20-21H2,1H3;(H,6,7)/t18-;/m0./s1. The van der Waals surface area contributed by atoms with E-state index in [9.17, 15) is 18.0 Å². The summed E-state index contributed by atoms with van der Waals surface area (Å²) in [5, 5.41) is 10.6. The fourth-order valence-electron chi connectivity index (χ4n) is 2.65. The van der Waals surface area contributed by atoms with Gasteiger partial charge in [0.05, 0.1) is 6.04 Å². The van der Waals surface area contributed by atoms with Crippen molar-refractivity contribution in [1.29, 1.82) is 0 Å². The van der Waals surface area contributed by atoms with Crippen molar-refractivity contribution < 1.29 is 27.9 Å². The minimum Gasteiger partial charge on any atom is -0.475 e. The molecule has 0 saturated carbocycles. The molecule has 6 N–H and O–H groups in total. The van der Waals surface area contributed by atoms with Gasteiger partial charge >= 0.3 is 12.1 Å². The molecule has 30 heavy (non-hydrogen) atoms. The number of benzene rings is 1. The van der Waals surface area contributed by atoms with E-state index in [1.807, 2.05) is 24.3 Å². The molecule has 1 aromatic rings. The van der Waals surface area contributed by atoms with Gasteiger partial charge < -0.3 is 21.9 Å². The van der Waals surface area contributed by atoms with Gasteiger partial charge in [-0.2, -0.15) is 13.2 Å². The average Bonchev–Trinajstić information content (AvgIpc) is 2.70. The zero-order valence-electron chi connectivity index (χ0n) is 17.5. The van der Waals surface area contributed by atoms with Crippen LogP contribution >= 0.6 is 0 Å². The first-order valence-corrected chi connectivity index (χ1v) is 10.2. The first kappa shape index (κ1) is 28.0. The van der Waals surface area contributed by atoms with Gasteiger partial charge in [-0.3, -0.25) is 4.79 Å². The van der Waals surface area contributed by atoms with Gasteiger partial charge in [0.15, 0.2) is 5.78 Å². The number of unbranched alkanes of at least 4 members (excludes halogenated alkanes) is 4. The number of hydrogen-bond acceptors (Lipinski definition) is 5. The van der Waals surface area contributed by atoms with Gasteiger partial charge in [-0.1, -0.05) is 56.9 Å². The molecule has 172 valence electrons. The number of Topliss-reactive ketones (excluding diaryl/α,β-unsaturated/α-hetero) is 1. The van der Waals surface area contributed by atoms with Crippen LogP contribution in [0.1, 0.15) is 67.8 Å². The molecule has 0 saturated heterocycles. The van der Waals surface area contributed by atoms with Crippen molar-refractivity contribution in [2.24, 2.45) is 11.5 Å². The van der Waals surface area contributed by atoms with Crippen molar-refractivity contribution in [3.63, 3.8) is 0 Å². The highest BCUT2D eigenvalue weighted by atomic mass is 19.4. The largest absolute Gasteiger partial charge is 0.490 e. The second-order valence-corrected chi connectivity index (χ2v) is 6.95. The number of rotatable bonds is 13. The molecule has 0 aliphatic heterocycles. The third kappa shape index (κ3) is 12.6. The molecule has 0 unspecified atom stereocenters. The average molecular weight is 434 g/mol. The third-order valence-electron chi connectivity index (χ3n) is 4.35. The number of carboxylic acid groups (broad SMARTS) is 1. The smallest absolute Gasteiger partial charge is 0.475 e. The number of carboxylic acids is 1. The molecule has 0 heterocycles. The van der Waals surface area contributed by atoms with E-state index in [0.717, 1.165) is 37.1 Å². The van der Waals surface area contributed by atoms with E-state index in [4.69, 9.17) is 21.4 Å². The van der Waals surface area contributed by atoms with Gasteiger partial charge in [-0.25, -0.2) is 4.79 Å². The molecule has 0 aliphatic rings. The molecule has 9 heteroatoms. The Labute approximate surface area is 176 Å². The Hall–Kier alpha value is -1.97. The molecule has 0 fully saturated rings. The van der Waals surface area contributed by atoms with Crippen LogP contribution in [0.5, 0.6) is 0 Å². The molecular weight excluding hydrogens is 399 g/mol. The fraction of sp³-hybridized carbons (Fsp3) is 0.619. The molecule has 0 aromatic heterocycles. The summed E-state index contributed by atoms with van der Waals surface area (Å²) in [4.78, 5) is 21.4. The number of carbonyl (C=O) groups excluding carboxylic acids is 1. The third-order valence-corrected chi connectivity index (χ3v) is 4.35. The maximum atomic E-state index is 12.5. The van der Waals surface area contributed by atoms with Crippen LogP contribution in [0.3, 0.4) is 0 Å². The Balaban J connectivity index is 0.00000103. The Morgan fingerprint density at radius 2 is 1.73 bits per heavy atom. The lowest BCUT2D eigenvalue weighted by atomic mass is 9.96. The van der Waals surface area contributed by atoms with Crippen LogP contribution in [0.15, 0.2) is 24.3 Å². The fourth-order valence-corrected chi connectivity index (χ4v) is 2.65. The summed E-state index contributed by atoms with van der Waals surface area (Å²) in [5.41, 5.74) is 13.4. The van der Waals surface area contributed by atoms with Gasteiger partial charge in [0, 0.05) is 12.1 Å². The monoisotopic (exact) mass is 433 g/mol. The number of aliphatic carboxylic acids is 1. The van der Waals surface area contributed by atoms with Gasteiger partial charge in [0.1, 0.15) is 0 Å². The highest BCUT2D eigenvalue weighted by Crippen LogP contribution is 2.14. The van der Waals surface area contributed by atoms with Crippen LogP contribution in [0.2, 0.25) is 0 Å². The predicted molar refractivity (Wildman–Crippen MR) is 111 cm³/mol. The summed E-state index contributed by atoms with van der Waals surface area (Å²) in [6.45, 7) is 4.58. The summed E-state index contributed by atoms with van der Waals surface area (Å²) < 4.78 is 31.7. The van der Waals surface area contributed by atoms with Gasteiger partial charge in [0.2, 0.25) is 0 Å². The number of halogens is 3. The van der Waals surface area contributed by atoms with Crippen LogP contribution in [-0.4, -0.2) is 42.2 Å². The first-order valence-electron chi connectivity index (χ1n) is 10.2. The van der Waals surface area contributed by atoms with Gasteiger partial charge in [-0.05, 0) is 37.9 Å². The SMILES string of the molecule is CCCCCCNCc1ccccc1C(=O)[C@@H](N)CCCCN.O=C(O)C(F)(F)F. The Kier molecular flexibility index (Phi) is 14.8. The highest BCUT2D eigenvalue weighted by Gasteiger charge is 2.38. The van der Waals surface area contributed by atoms with Crippen molar-refractivity contribution in [3.8, 4) is 0 Å². The van der Waals surface area contributed by atoms with E-state index in [1.165, 1.54) is 25.7 Å². The zero-order chi connectivity index (χ0) is 23.0. The summed E-state index contributed by atoms with van der Waals surface area (Å²) in [6, 6.07) is 7.36. The number of carbonyl (C=O) groups is 2. The summed E-state index contributed by atoms with van der Waals surface area (Å²) in [6.07, 6.45) is 2.42. The van der Waals surface area contributed by atoms with Crippen molar-refractivity contribution in [2.45, 2.75) is 70.6 Å². The molecule has 0 bridgehead atoms. The van der Waals surface area contributed by atoms with E-state index in [1.54, 1.807) is 0 Å². The topological polar surface area (TPSA) is 118 Å². The number of ketones is 1. The van der Waals surface area contributed by atoms with Crippen molar-refractivity contribution in [2.75, 3.05) is 13.1 Å². The normalized spacial score (nSPS) is 12.1. The molecule has 1 rings (SSSR count). The second-order valence-electron chi connectivity index (χ2n) is 6.95. The Morgan fingerprint density at radius 3 is 2.30 bits per heavy atom. The van der Waals surface area contributed by atoms with Crippen molar-refractivity contribution in [3.05, 3.63) is 35.4 Å². The molecule has 1 aromatic carbocycles. The maximum Gasteiger partial charge on any atom is 0.490 e. The minimum atomic E-state index is -5.08. The van der Waals surface area contributed by atoms with E-state index >= 15 is 0 Å². The zero-order valence-corrected chi connectivity index (χ0v) is 17.5. The van der Waals surface area contributed by atoms with Crippen LogP contribution < -0.4 is 16.8 Å². The first-order chi connectivity index (χ1) is 14.1. The quantitative estimate of drug-likeness (QED) is 0.279. The maximum absolute atomic E-state index is 12.5. The Morgan fingerprint density at radius 1 is 1.10 bits per heavy atom. The molecule has 6 nitrogen and oxygen atoms in total. The lowest BCUT2D eigenvalue weighted by Gasteiger charge is -2.14. The van der Waals surface area contributed by atoms with Gasteiger partial charge in [0.25, 0.3) is 0 Å². The van der Waals surface area contributed by atoms with E-state index in [2.05, 4.69) is 12.2 Å². The molecule has 0 spiro atoms. The lowest BCUT2D eigenvalue weighted by molar-refractivity contribution is -0.192. The van der Waals surface area contributed by atoms with E-state index in [0.29, 0.717) is 13.0 Å². The molecular formula is C21H34F3N3O3. The number of hydrogen-bond donors (Lipinski definition) is 4. The van der Waals surface area contributed by atoms with Crippen LogP contribution in [-0.2, 0) is 11.3 Å².